The van der Waals surface area contributed by atoms with E-state index in [1.807, 2.05) is 91.0 Å². The van der Waals surface area contributed by atoms with Crippen molar-refractivity contribution >= 4 is 30.6 Å². The average molecular weight is 653 g/mol. The topological polar surface area (TPSA) is 118 Å². The zero-order chi connectivity index (χ0) is 33.4. The first-order valence-electron chi connectivity index (χ1n) is 15.5. The van der Waals surface area contributed by atoms with Gasteiger partial charge in [0.1, 0.15) is 19.4 Å². The largest absolute Gasteiger partial charge is 0.484 e. The molecule has 1 aromatic heterocycles. The Bertz CT molecular complexity index is 1700. The number of fused-ring (bicyclic) bond motifs is 1. The Balaban J connectivity index is 1.51. The first-order valence-corrected chi connectivity index (χ1v) is 19.2. The smallest absolute Gasteiger partial charge is 0.326 e. The van der Waals surface area contributed by atoms with Gasteiger partial charge in [-0.25, -0.2) is 4.68 Å². The van der Waals surface area contributed by atoms with Crippen LogP contribution >= 0.6 is 0 Å². The van der Waals surface area contributed by atoms with E-state index in [9.17, 15) is 14.9 Å². The van der Waals surface area contributed by atoms with E-state index in [0.717, 1.165) is 22.7 Å². The Hall–Kier alpha value is -4.84. The molecule has 5 rings (SSSR count). The number of carbonyl (C=O) groups is 1. The number of ether oxygens (including phenoxy) is 3. The summed E-state index contributed by atoms with van der Waals surface area (Å²) < 4.78 is 18.9. The Morgan fingerprint density at radius 2 is 1.49 bits per heavy atom. The zero-order valence-electron chi connectivity index (χ0n) is 27.1. The van der Waals surface area contributed by atoms with E-state index in [4.69, 9.17) is 14.2 Å². The lowest BCUT2D eigenvalue weighted by Crippen LogP contribution is -2.55. The summed E-state index contributed by atoms with van der Waals surface area (Å²) in [6, 6.07) is 32.4. The molecule has 244 valence electrons. The average Bonchev–Trinajstić information content (AvgIpc) is 3.48. The number of methoxy groups -OCH3 is 1. The maximum Gasteiger partial charge on any atom is 0.326 e. The summed E-state index contributed by atoms with van der Waals surface area (Å²) in [4.78, 5) is 25.1. The predicted molar refractivity (Wildman–Crippen MR) is 184 cm³/mol. The molecule has 0 amide bonds. The van der Waals surface area contributed by atoms with E-state index in [1.54, 1.807) is 16.9 Å². The van der Waals surface area contributed by atoms with Crippen molar-refractivity contribution in [3.05, 3.63) is 136 Å². The third-order valence-electron chi connectivity index (χ3n) is 8.03. The molecule has 0 saturated carbocycles. The summed E-state index contributed by atoms with van der Waals surface area (Å²) >= 11 is 0. The Labute approximate surface area is 275 Å². The molecule has 0 aliphatic carbocycles. The maximum absolute atomic E-state index is 13.4. The van der Waals surface area contributed by atoms with Gasteiger partial charge in [0.25, 0.3) is 0 Å². The van der Waals surface area contributed by atoms with Crippen LogP contribution in [0.1, 0.15) is 16.7 Å². The number of carbonyl (C=O) groups excluding carboxylic acids is 1. The molecule has 1 heterocycles. The van der Waals surface area contributed by atoms with Crippen LogP contribution in [0, 0.1) is 10.1 Å². The van der Waals surface area contributed by atoms with Crippen molar-refractivity contribution in [3.63, 3.8) is 0 Å². The molecule has 11 heteroatoms. The van der Waals surface area contributed by atoms with Gasteiger partial charge < -0.3 is 14.2 Å². The molecular weight excluding hydrogens is 613 g/mol. The molecule has 4 aromatic carbocycles. The van der Waals surface area contributed by atoms with Crippen molar-refractivity contribution in [2.45, 2.75) is 44.0 Å². The molecule has 1 N–H and O–H groups in total. The summed E-state index contributed by atoms with van der Waals surface area (Å²) in [5, 5.41) is 20.7. The minimum atomic E-state index is -1.27. The fourth-order valence-electron chi connectivity index (χ4n) is 5.55. The molecule has 0 aliphatic rings. The monoisotopic (exact) mass is 652 g/mol. The zero-order valence-corrected chi connectivity index (χ0v) is 28.1. The number of hydrogen-bond donors (Lipinski definition) is 1. The second kappa shape index (κ2) is 14.7. The fraction of sp³-hybridized carbons (Fsp3) is 0.278. The number of nitro groups is 1. The molecule has 0 fully saturated rings. The van der Waals surface area contributed by atoms with E-state index in [2.05, 4.69) is 30.1 Å². The summed E-state index contributed by atoms with van der Waals surface area (Å²) in [5.74, 6) is -0.575. The van der Waals surface area contributed by atoms with Crippen LogP contribution in [-0.4, -0.2) is 55.1 Å². The highest BCUT2D eigenvalue weighted by Gasteiger charge is 2.40. The van der Waals surface area contributed by atoms with Crippen molar-refractivity contribution in [3.8, 4) is 5.75 Å². The Morgan fingerprint density at radius 3 is 1.98 bits per heavy atom. The highest BCUT2D eigenvalue weighted by atomic mass is 28.3. The van der Waals surface area contributed by atoms with Crippen molar-refractivity contribution in [2.75, 3.05) is 20.3 Å². The fourth-order valence-corrected chi connectivity index (χ4v) is 6.30. The standard InChI is InChI=1S/C36H40N4O6Si/c1-44-35(41)31(38-36(28-14-8-5-9-15-28,29-16-10-6-11-17-29)30-18-12-7-13-19-30)25-46-34-23-32-27(22-33(34)40(42)43)24-37-39(32)26-45-20-21-47(2,3)4/h5-19,22-24,31,38H,20-21,25-26H2,1-4H3/t31-/m0/s1. The van der Waals surface area contributed by atoms with Crippen molar-refractivity contribution in [1.82, 2.24) is 15.1 Å². The second-order valence-corrected chi connectivity index (χ2v) is 18.1. The molecular formula is C36H40N4O6Si. The van der Waals surface area contributed by atoms with Gasteiger partial charge in [0, 0.05) is 32.2 Å². The van der Waals surface area contributed by atoms with Gasteiger partial charge in [-0.15, -0.1) is 0 Å². The summed E-state index contributed by atoms with van der Waals surface area (Å²) in [7, 11) is 0.0350. The highest BCUT2D eigenvalue weighted by molar-refractivity contribution is 6.76. The van der Waals surface area contributed by atoms with Gasteiger partial charge >= 0.3 is 11.7 Å². The van der Waals surface area contributed by atoms with Gasteiger partial charge in [-0.05, 0) is 22.7 Å². The Morgan fingerprint density at radius 1 is 0.936 bits per heavy atom. The molecule has 5 aromatic rings. The van der Waals surface area contributed by atoms with E-state index in [-0.39, 0.29) is 24.8 Å². The molecule has 0 unspecified atom stereocenters. The third-order valence-corrected chi connectivity index (χ3v) is 9.74. The predicted octanol–water partition coefficient (Wildman–Crippen LogP) is 6.76. The van der Waals surface area contributed by atoms with Crippen LogP contribution in [0.4, 0.5) is 5.69 Å². The van der Waals surface area contributed by atoms with E-state index in [1.165, 1.54) is 13.2 Å². The number of benzene rings is 4. The number of nitrogens with zero attached hydrogens (tertiary/aromatic N) is 3. The molecule has 0 bridgehead atoms. The van der Waals surface area contributed by atoms with E-state index in [0.29, 0.717) is 17.5 Å². The number of hydrogen-bond acceptors (Lipinski definition) is 8. The number of aromatic nitrogens is 2. The minimum Gasteiger partial charge on any atom is -0.484 e. The normalized spacial score (nSPS) is 12.5. The van der Waals surface area contributed by atoms with Gasteiger partial charge in [0.2, 0.25) is 0 Å². The van der Waals surface area contributed by atoms with Crippen LogP contribution in [0.3, 0.4) is 0 Å². The molecule has 0 spiro atoms. The quantitative estimate of drug-likeness (QED) is 0.0329. The van der Waals surface area contributed by atoms with E-state index < -0.39 is 30.5 Å². The summed E-state index contributed by atoms with van der Waals surface area (Å²) in [6.45, 7) is 7.39. The maximum atomic E-state index is 13.4. The number of nitrogens with one attached hydrogen (secondary N) is 1. The molecule has 10 nitrogen and oxygen atoms in total. The van der Waals surface area contributed by atoms with Crippen LogP contribution in [0.2, 0.25) is 25.7 Å². The van der Waals surface area contributed by atoms with Gasteiger partial charge in [0.15, 0.2) is 5.75 Å². The van der Waals surface area contributed by atoms with Gasteiger partial charge in [-0.1, -0.05) is 111 Å². The molecule has 0 saturated heterocycles. The van der Waals surface area contributed by atoms with Gasteiger partial charge in [-0.3, -0.25) is 20.2 Å². The second-order valence-electron chi connectivity index (χ2n) is 12.5. The van der Waals surface area contributed by atoms with Crippen LogP contribution in [0.25, 0.3) is 10.9 Å². The number of rotatable bonds is 15. The van der Waals surface area contributed by atoms with Crippen molar-refractivity contribution in [2.24, 2.45) is 0 Å². The highest BCUT2D eigenvalue weighted by Crippen LogP contribution is 2.38. The minimum absolute atomic E-state index is 0.00628. The van der Waals surface area contributed by atoms with Gasteiger partial charge in [0.05, 0.1) is 29.3 Å². The van der Waals surface area contributed by atoms with Crippen LogP contribution in [-0.2, 0) is 26.5 Å². The number of esters is 1. The molecule has 0 aliphatic heterocycles. The van der Waals surface area contributed by atoms with Crippen molar-refractivity contribution < 1.29 is 23.9 Å². The lowest BCUT2D eigenvalue weighted by atomic mass is 9.76. The first kappa shape index (κ1) is 33.5. The summed E-state index contributed by atoms with van der Waals surface area (Å²) in [5.41, 5.74) is 2.03. The van der Waals surface area contributed by atoms with E-state index >= 15 is 0 Å². The number of nitro benzene ring substituents is 1. The molecule has 0 radical (unpaired) electrons. The molecule has 1 atom stereocenters. The van der Waals surface area contributed by atoms with Crippen LogP contribution < -0.4 is 10.1 Å². The van der Waals surface area contributed by atoms with Crippen LogP contribution in [0.5, 0.6) is 5.75 Å². The summed E-state index contributed by atoms with van der Waals surface area (Å²) in [6.07, 6.45) is 1.57. The Kier molecular flexibility index (Phi) is 10.5. The van der Waals surface area contributed by atoms with Crippen LogP contribution in [0.15, 0.2) is 109 Å². The molecule has 47 heavy (non-hydrogen) atoms. The third kappa shape index (κ3) is 7.76. The van der Waals surface area contributed by atoms with Crippen molar-refractivity contribution in [1.29, 1.82) is 0 Å². The SMILES string of the molecule is COC(=O)[C@H](COc1cc2c(cnn2COCC[Si](C)(C)C)cc1[N+](=O)[O-])NC(c1ccccc1)(c1ccccc1)c1ccccc1. The first-order chi connectivity index (χ1) is 22.6. The lowest BCUT2D eigenvalue weighted by Gasteiger charge is -2.39. The van der Waals surface area contributed by atoms with Gasteiger partial charge in [-0.2, -0.15) is 5.10 Å². The lowest BCUT2D eigenvalue weighted by molar-refractivity contribution is -0.385.